The van der Waals surface area contributed by atoms with Gasteiger partial charge in [0.2, 0.25) is 0 Å². The van der Waals surface area contributed by atoms with E-state index in [0.29, 0.717) is 12.1 Å². The quantitative estimate of drug-likeness (QED) is 0.755. The van der Waals surface area contributed by atoms with E-state index in [9.17, 15) is 0 Å². The Labute approximate surface area is 84.0 Å². The van der Waals surface area contributed by atoms with Gasteiger partial charge in [0.1, 0.15) is 0 Å². The number of hydrogen-bond donors (Lipinski definition) is 2. The molecule has 1 aromatic rings. The van der Waals surface area contributed by atoms with Crippen LogP contribution in [0.15, 0.2) is 6.20 Å². The van der Waals surface area contributed by atoms with Crippen molar-refractivity contribution in [3.05, 3.63) is 11.9 Å². The molecular weight excluding hydrogens is 178 g/mol. The minimum Gasteiger partial charge on any atom is -0.379 e. The Morgan fingerprint density at radius 1 is 1.64 bits per heavy atom. The number of aromatic amines is 1. The molecule has 4 nitrogen and oxygen atoms in total. The highest BCUT2D eigenvalue weighted by Crippen LogP contribution is 2.19. The second-order valence-electron chi connectivity index (χ2n) is 3.96. The summed E-state index contributed by atoms with van der Waals surface area (Å²) >= 11 is 0. The molecular formula is C10H17N3O. The van der Waals surface area contributed by atoms with Crippen LogP contribution < -0.4 is 5.32 Å². The Bertz CT molecular complexity index is 297. The zero-order valence-electron chi connectivity index (χ0n) is 8.71. The van der Waals surface area contributed by atoms with Gasteiger partial charge in [-0.3, -0.25) is 5.10 Å². The summed E-state index contributed by atoms with van der Waals surface area (Å²) in [6.45, 7) is 5.00. The standard InChI is InChI=1S/C10H17N3O/c1-7-5-9(3-4-14-7)12-10-6-11-13-8(10)2/h6-7,9,12H,3-5H2,1-2H3,(H,11,13). The van der Waals surface area contributed by atoms with E-state index in [1.54, 1.807) is 0 Å². The van der Waals surface area contributed by atoms with Crippen LogP contribution in [0.25, 0.3) is 0 Å². The Hall–Kier alpha value is -1.03. The lowest BCUT2D eigenvalue weighted by Gasteiger charge is -2.28. The summed E-state index contributed by atoms with van der Waals surface area (Å²) in [4.78, 5) is 0. The molecule has 2 atom stereocenters. The second-order valence-corrected chi connectivity index (χ2v) is 3.96. The van der Waals surface area contributed by atoms with Gasteiger partial charge in [-0.05, 0) is 26.7 Å². The first-order valence-electron chi connectivity index (χ1n) is 5.14. The van der Waals surface area contributed by atoms with Crippen molar-refractivity contribution in [2.24, 2.45) is 0 Å². The fourth-order valence-corrected chi connectivity index (χ4v) is 1.85. The van der Waals surface area contributed by atoms with Crippen LogP contribution in [0, 0.1) is 6.92 Å². The number of nitrogens with one attached hydrogen (secondary N) is 2. The molecule has 2 unspecified atom stereocenters. The maximum absolute atomic E-state index is 5.49. The van der Waals surface area contributed by atoms with Crippen LogP contribution >= 0.6 is 0 Å². The number of hydrogen-bond acceptors (Lipinski definition) is 3. The van der Waals surface area contributed by atoms with Gasteiger partial charge < -0.3 is 10.1 Å². The fraction of sp³-hybridized carbons (Fsp3) is 0.700. The van der Waals surface area contributed by atoms with Crippen molar-refractivity contribution >= 4 is 5.69 Å². The van der Waals surface area contributed by atoms with Crippen LogP contribution in [-0.4, -0.2) is 29.0 Å². The minimum absolute atomic E-state index is 0.369. The smallest absolute Gasteiger partial charge is 0.0755 e. The van der Waals surface area contributed by atoms with Crippen LogP contribution in [0.4, 0.5) is 5.69 Å². The highest BCUT2D eigenvalue weighted by Gasteiger charge is 2.19. The monoisotopic (exact) mass is 195 g/mol. The molecule has 0 amide bonds. The predicted octanol–water partition coefficient (Wildman–Crippen LogP) is 1.70. The Morgan fingerprint density at radius 3 is 3.14 bits per heavy atom. The number of aromatic nitrogens is 2. The zero-order valence-corrected chi connectivity index (χ0v) is 8.71. The molecule has 2 N–H and O–H groups in total. The number of aryl methyl sites for hydroxylation is 1. The highest BCUT2D eigenvalue weighted by molar-refractivity contribution is 5.45. The lowest BCUT2D eigenvalue weighted by atomic mass is 10.0. The van der Waals surface area contributed by atoms with E-state index < -0.39 is 0 Å². The summed E-state index contributed by atoms with van der Waals surface area (Å²) in [6.07, 6.45) is 4.36. The maximum atomic E-state index is 5.49. The second kappa shape index (κ2) is 4.00. The SMILES string of the molecule is Cc1[nH]ncc1NC1CCOC(C)C1. The van der Waals surface area contributed by atoms with Gasteiger partial charge in [-0.1, -0.05) is 0 Å². The van der Waals surface area contributed by atoms with Gasteiger partial charge in [-0.2, -0.15) is 5.10 Å². The van der Waals surface area contributed by atoms with Crippen LogP contribution in [0.5, 0.6) is 0 Å². The van der Waals surface area contributed by atoms with Crippen LogP contribution in [0.2, 0.25) is 0 Å². The molecule has 0 saturated carbocycles. The summed E-state index contributed by atoms with van der Waals surface area (Å²) in [5, 5.41) is 10.4. The number of anilines is 1. The van der Waals surface area contributed by atoms with Crippen LogP contribution in [0.1, 0.15) is 25.5 Å². The van der Waals surface area contributed by atoms with Gasteiger partial charge in [0.25, 0.3) is 0 Å². The number of nitrogens with zero attached hydrogens (tertiary/aromatic N) is 1. The number of rotatable bonds is 2. The summed E-state index contributed by atoms with van der Waals surface area (Å²) in [5.74, 6) is 0. The number of H-pyrrole nitrogens is 1. The van der Waals surface area contributed by atoms with E-state index in [0.717, 1.165) is 30.8 Å². The Morgan fingerprint density at radius 2 is 2.50 bits per heavy atom. The van der Waals surface area contributed by atoms with Gasteiger partial charge in [-0.15, -0.1) is 0 Å². The van der Waals surface area contributed by atoms with Gasteiger partial charge in [0.05, 0.1) is 23.7 Å². The third-order valence-electron chi connectivity index (χ3n) is 2.67. The lowest BCUT2D eigenvalue weighted by molar-refractivity contribution is 0.0232. The van der Waals surface area contributed by atoms with E-state index >= 15 is 0 Å². The number of ether oxygens (including phenoxy) is 1. The van der Waals surface area contributed by atoms with Crippen molar-refractivity contribution in [2.45, 2.75) is 38.8 Å². The van der Waals surface area contributed by atoms with Gasteiger partial charge in [-0.25, -0.2) is 0 Å². The van der Waals surface area contributed by atoms with Crippen molar-refractivity contribution in [3.63, 3.8) is 0 Å². The highest BCUT2D eigenvalue weighted by atomic mass is 16.5. The summed E-state index contributed by atoms with van der Waals surface area (Å²) in [6, 6.07) is 0.523. The molecule has 1 aliphatic rings. The fourth-order valence-electron chi connectivity index (χ4n) is 1.85. The molecule has 1 saturated heterocycles. The molecule has 0 bridgehead atoms. The van der Waals surface area contributed by atoms with E-state index in [4.69, 9.17) is 4.74 Å². The molecule has 0 aromatic carbocycles. The molecule has 2 heterocycles. The largest absolute Gasteiger partial charge is 0.379 e. The van der Waals surface area contributed by atoms with E-state index in [-0.39, 0.29) is 0 Å². The first kappa shape index (κ1) is 9.52. The first-order valence-corrected chi connectivity index (χ1v) is 5.14. The Balaban J connectivity index is 1.94. The lowest BCUT2D eigenvalue weighted by Crippen LogP contribution is -2.32. The third-order valence-corrected chi connectivity index (χ3v) is 2.67. The van der Waals surface area contributed by atoms with Gasteiger partial charge in [0, 0.05) is 12.6 Å². The third kappa shape index (κ3) is 2.07. The molecule has 4 heteroatoms. The average molecular weight is 195 g/mol. The zero-order chi connectivity index (χ0) is 9.97. The molecule has 14 heavy (non-hydrogen) atoms. The minimum atomic E-state index is 0.369. The van der Waals surface area contributed by atoms with E-state index in [2.05, 4.69) is 22.4 Å². The average Bonchev–Trinajstić information content (AvgIpc) is 2.52. The normalized spacial score (nSPS) is 27.6. The topological polar surface area (TPSA) is 49.9 Å². The van der Waals surface area contributed by atoms with Crippen molar-refractivity contribution in [1.29, 1.82) is 0 Å². The molecule has 0 spiro atoms. The molecule has 1 fully saturated rings. The predicted molar refractivity (Wildman–Crippen MR) is 55.4 cm³/mol. The van der Waals surface area contributed by atoms with Crippen molar-refractivity contribution < 1.29 is 4.74 Å². The summed E-state index contributed by atoms with van der Waals surface area (Å²) in [5.41, 5.74) is 2.22. The molecule has 1 aromatic heterocycles. The molecule has 0 aliphatic carbocycles. The molecule has 1 aliphatic heterocycles. The first-order chi connectivity index (χ1) is 6.75. The van der Waals surface area contributed by atoms with Crippen molar-refractivity contribution in [1.82, 2.24) is 10.2 Å². The summed E-state index contributed by atoms with van der Waals surface area (Å²) < 4.78 is 5.49. The Kier molecular flexibility index (Phi) is 2.72. The molecule has 2 rings (SSSR count). The molecule has 78 valence electrons. The summed E-state index contributed by atoms with van der Waals surface area (Å²) in [7, 11) is 0. The van der Waals surface area contributed by atoms with Gasteiger partial charge in [0.15, 0.2) is 0 Å². The van der Waals surface area contributed by atoms with Crippen molar-refractivity contribution in [3.8, 4) is 0 Å². The van der Waals surface area contributed by atoms with Crippen LogP contribution in [-0.2, 0) is 4.74 Å². The van der Waals surface area contributed by atoms with Crippen molar-refractivity contribution in [2.75, 3.05) is 11.9 Å². The van der Waals surface area contributed by atoms with Gasteiger partial charge >= 0.3 is 0 Å². The van der Waals surface area contributed by atoms with Crippen LogP contribution in [0.3, 0.4) is 0 Å². The molecule has 0 radical (unpaired) electrons. The van der Waals surface area contributed by atoms with E-state index in [1.165, 1.54) is 0 Å². The van der Waals surface area contributed by atoms with E-state index in [1.807, 2.05) is 13.1 Å². The maximum Gasteiger partial charge on any atom is 0.0755 e.